The minimum Gasteiger partial charge on any atom is -0.300 e. The van der Waals surface area contributed by atoms with Gasteiger partial charge in [0, 0.05) is 19.2 Å². The number of aliphatic imine (C=N–C) groups is 1. The molecule has 0 aliphatic heterocycles. The molecule has 0 heterocycles. The summed E-state index contributed by atoms with van der Waals surface area (Å²) in [6.45, 7) is 6.32. The van der Waals surface area contributed by atoms with E-state index >= 15 is 0 Å². The summed E-state index contributed by atoms with van der Waals surface area (Å²) in [5.41, 5.74) is 1.35. The van der Waals surface area contributed by atoms with Gasteiger partial charge < -0.3 is 4.99 Å². The molecule has 0 rings (SSSR count). The summed E-state index contributed by atoms with van der Waals surface area (Å²) in [4.78, 5) is 3.92. The van der Waals surface area contributed by atoms with E-state index in [9.17, 15) is 0 Å². The SMILES string of the molecule is CN=C[C@@H](C)C=C(C)C. The third-order valence-electron chi connectivity index (χ3n) is 0.980. The Kier molecular flexibility index (Phi) is 4.02. The highest BCUT2D eigenvalue weighted by Gasteiger charge is 1.88. The lowest BCUT2D eigenvalue weighted by molar-refractivity contribution is 0.999. The Morgan fingerprint density at radius 2 is 2.00 bits per heavy atom. The van der Waals surface area contributed by atoms with Crippen LogP contribution in [0.2, 0.25) is 0 Å². The van der Waals surface area contributed by atoms with Crippen molar-refractivity contribution >= 4 is 6.21 Å². The summed E-state index contributed by atoms with van der Waals surface area (Å²) in [7, 11) is 1.80. The first kappa shape index (κ1) is 8.41. The highest BCUT2D eigenvalue weighted by atomic mass is 14.6. The number of hydrogen-bond donors (Lipinski definition) is 0. The van der Waals surface area contributed by atoms with Gasteiger partial charge in [-0.2, -0.15) is 0 Å². The Balaban J connectivity index is 3.76. The second-order valence-corrected chi connectivity index (χ2v) is 2.51. The fourth-order valence-corrected chi connectivity index (χ4v) is 0.804. The molecule has 52 valence electrons. The normalized spacial score (nSPS) is 13.8. The summed E-state index contributed by atoms with van der Waals surface area (Å²) < 4.78 is 0. The first-order chi connectivity index (χ1) is 4.16. The molecule has 1 atom stereocenters. The second kappa shape index (κ2) is 4.30. The molecule has 1 nitrogen and oxygen atoms in total. The van der Waals surface area contributed by atoms with Gasteiger partial charge in [-0.1, -0.05) is 18.6 Å². The molecule has 0 spiro atoms. The van der Waals surface area contributed by atoms with Gasteiger partial charge in [-0.25, -0.2) is 0 Å². The van der Waals surface area contributed by atoms with Gasteiger partial charge in [0.25, 0.3) is 0 Å². The monoisotopic (exact) mass is 125 g/mol. The van der Waals surface area contributed by atoms with Crippen LogP contribution in [0.4, 0.5) is 0 Å². The van der Waals surface area contributed by atoms with Crippen LogP contribution in [0.15, 0.2) is 16.6 Å². The van der Waals surface area contributed by atoms with Gasteiger partial charge in [0.05, 0.1) is 0 Å². The molecule has 0 aliphatic carbocycles. The smallest absolute Gasteiger partial charge is 0.0273 e. The average molecular weight is 125 g/mol. The van der Waals surface area contributed by atoms with E-state index in [2.05, 4.69) is 31.8 Å². The molecule has 0 fully saturated rings. The van der Waals surface area contributed by atoms with Gasteiger partial charge in [-0.3, -0.25) is 0 Å². The predicted octanol–water partition coefficient (Wildman–Crippen LogP) is 2.29. The predicted molar refractivity (Wildman–Crippen MR) is 43.0 cm³/mol. The largest absolute Gasteiger partial charge is 0.300 e. The van der Waals surface area contributed by atoms with Crippen LogP contribution in [0.3, 0.4) is 0 Å². The Bertz CT molecular complexity index is 119. The molecule has 0 aromatic heterocycles. The first-order valence-electron chi connectivity index (χ1n) is 3.24. The third kappa shape index (κ3) is 5.28. The Labute approximate surface area is 57.5 Å². The molecule has 0 aliphatic rings. The van der Waals surface area contributed by atoms with E-state index < -0.39 is 0 Å². The van der Waals surface area contributed by atoms with Crippen molar-refractivity contribution in [3.05, 3.63) is 11.6 Å². The minimum atomic E-state index is 0.486. The van der Waals surface area contributed by atoms with Crippen LogP contribution in [-0.2, 0) is 0 Å². The molecule has 0 N–H and O–H groups in total. The lowest BCUT2D eigenvalue weighted by Crippen LogP contribution is -1.90. The van der Waals surface area contributed by atoms with Crippen molar-refractivity contribution in [3.8, 4) is 0 Å². The summed E-state index contributed by atoms with van der Waals surface area (Å²) >= 11 is 0. The zero-order valence-electron chi connectivity index (χ0n) is 6.68. The maximum Gasteiger partial charge on any atom is 0.0273 e. The van der Waals surface area contributed by atoms with Crippen molar-refractivity contribution in [2.24, 2.45) is 10.9 Å². The quantitative estimate of drug-likeness (QED) is 0.396. The van der Waals surface area contributed by atoms with Crippen molar-refractivity contribution in [2.75, 3.05) is 7.05 Å². The van der Waals surface area contributed by atoms with E-state index in [-0.39, 0.29) is 0 Å². The summed E-state index contributed by atoms with van der Waals surface area (Å²) in [6.07, 6.45) is 4.12. The molecule has 0 radical (unpaired) electrons. The third-order valence-corrected chi connectivity index (χ3v) is 0.980. The van der Waals surface area contributed by atoms with Crippen LogP contribution >= 0.6 is 0 Å². The van der Waals surface area contributed by atoms with E-state index in [1.807, 2.05) is 6.21 Å². The van der Waals surface area contributed by atoms with Crippen molar-refractivity contribution in [3.63, 3.8) is 0 Å². The van der Waals surface area contributed by atoms with Crippen molar-refractivity contribution in [1.82, 2.24) is 0 Å². The second-order valence-electron chi connectivity index (χ2n) is 2.51. The Morgan fingerprint density at radius 1 is 1.44 bits per heavy atom. The van der Waals surface area contributed by atoms with Crippen LogP contribution in [-0.4, -0.2) is 13.3 Å². The van der Waals surface area contributed by atoms with E-state index in [0.29, 0.717) is 5.92 Å². The van der Waals surface area contributed by atoms with Gasteiger partial charge in [-0.15, -0.1) is 0 Å². The van der Waals surface area contributed by atoms with Crippen molar-refractivity contribution < 1.29 is 0 Å². The van der Waals surface area contributed by atoms with Gasteiger partial charge in [0.2, 0.25) is 0 Å². The summed E-state index contributed by atoms with van der Waals surface area (Å²) in [5.74, 6) is 0.486. The van der Waals surface area contributed by atoms with E-state index in [0.717, 1.165) is 0 Å². The highest BCUT2D eigenvalue weighted by Crippen LogP contribution is 1.98. The lowest BCUT2D eigenvalue weighted by Gasteiger charge is -1.95. The number of nitrogens with zero attached hydrogens (tertiary/aromatic N) is 1. The summed E-state index contributed by atoms with van der Waals surface area (Å²) in [6, 6.07) is 0. The van der Waals surface area contributed by atoms with Crippen LogP contribution in [0, 0.1) is 5.92 Å². The standard InChI is InChI=1S/C8H15N/c1-7(2)5-8(3)6-9-4/h5-6,8H,1-4H3/t8-/m0/s1. The molecule has 0 saturated heterocycles. The molecule has 0 unspecified atom stereocenters. The molecular weight excluding hydrogens is 110 g/mol. The number of allylic oxidation sites excluding steroid dienone is 2. The van der Waals surface area contributed by atoms with E-state index in [4.69, 9.17) is 0 Å². The molecule has 0 amide bonds. The molecule has 9 heavy (non-hydrogen) atoms. The molecule has 0 aromatic rings. The zero-order chi connectivity index (χ0) is 7.28. The van der Waals surface area contributed by atoms with E-state index in [1.165, 1.54) is 5.57 Å². The average Bonchev–Trinajstić information content (AvgIpc) is 1.63. The Morgan fingerprint density at radius 3 is 2.33 bits per heavy atom. The van der Waals surface area contributed by atoms with Gasteiger partial charge in [0.15, 0.2) is 0 Å². The maximum atomic E-state index is 3.92. The van der Waals surface area contributed by atoms with Crippen molar-refractivity contribution in [2.45, 2.75) is 20.8 Å². The van der Waals surface area contributed by atoms with Crippen LogP contribution in [0.25, 0.3) is 0 Å². The lowest BCUT2D eigenvalue weighted by atomic mass is 10.1. The fourth-order valence-electron chi connectivity index (χ4n) is 0.804. The van der Waals surface area contributed by atoms with Gasteiger partial charge >= 0.3 is 0 Å². The maximum absolute atomic E-state index is 3.92. The number of rotatable bonds is 2. The Hall–Kier alpha value is -0.590. The molecule has 0 bridgehead atoms. The zero-order valence-corrected chi connectivity index (χ0v) is 6.68. The molecule has 0 aromatic carbocycles. The van der Waals surface area contributed by atoms with E-state index in [1.54, 1.807) is 7.05 Å². The molecule has 1 heteroatoms. The van der Waals surface area contributed by atoms with Crippen LogP contribution < -0.4 is 0 Å². The molecular formula is C8H15N. The minimum absolute atomic E-state index is 0.486. The topological polar surface area (TPSA) is 12.4 Å². The first-order valence-corrected chi connectivity index (χ1v) is 3.24. The highest BCUT2D eigenvalue weighted by molar-refractivity contribution is 5.62. The van der Waals surface area contributed by atoms with Crippen molar-refractivity contribution in [1.29, 1.82) is 0 Å². The number of hydrogen-bond acceptors (Lipinski definition) is 1. The van der Waals surface area contributed by atoms with Crippen LogP contribution in [0.1, 0.15) is 20.8 Å². The molecule has 0 saturated carbocycles. The van der Waals surface area contributed by atoms with Gasteiger partial charge in [-0.05, 0) is 13.8 Å². The van der Waals surface area contributed by atoms with Crippen LogP contribution in [0.5, 0.6) is 0 Å². The summed E-state index contributed by atoms with van der Waals surface area (Å²) in [5, 5.41) is 0. The van der Waals surface area contributed by atoms with Gasteiger partial charge in [0.1, 0.15) is 0 Å². The fraction of sp³-hybridized carbons (Fsp3) is 0.625.